The third-order valence-electron chi connectivity index (χ3n) is 23.4. The zero-order valence-electron chi connectivity index (χ0n) is 62.9. The fourth-order valence-electron chi connectivity index (χ4n) is 18.2. The summed E-state index contributed by atoms with van der Waals surface area (Å²) >= 11 is 3.76. The maximum Gasteiger partial charge on any atom is 0.0562 e. The Hall–Kier alpha value is -14.8. The topological polar surface area (TPSA) is 26.2 Å². The molecule has 116 heavy (non-hydrogen) atoms. The zero-order valence-corrected chi connectivity index (χ0v) is 64.5. The predicted molar refractivity (Wildman–Crippen MR) is 496 cm³/mol. The van der Waals surface area contributed by atoms with Crippen LogP contribution in [-0.2, 0) is 0 Å². The second-order valence-electron chi connectivity index (χ2n) is 29.9. The van der Waals surface area contributed by atoms with E-state index in [0.29, 0.717) is 0 Å². The average molecular weight is 1520 g/mol. The number of rotatable bonds is 12. The molecule has 0 saturated carbocycles. The van der Waals surface area contributed by atoms with E-state index in [9.17, 15) is 0 Å². The summed E-state index contributed by atoms with van der Waals surface area (Å²) in [6.45, 7) is 0. The number of thiophene rings is 2. The molecule has 0 amide bonds. The lowest BCUT2D eigenvalue weighted by atomic mass is 10.0. The fourth-order valence-corrected chi connectivity index (χ4v) is 20.7. The van der Waals surface area contributed by atoms with E-state index in [0.717, 1.165) is 56.9 Å². The van der Waals surface area contributed by atoms with Crippen molar-refractivity contribution in [3.63, 3.8) is 0 Å². The van der Waals surface area contributed by atoms with Crippen LogP contribution in [0, 0.1) is 0 Å². The largest absolute Gasteiger partial charge is 0.310 e. The molecule has 0 saturated heterocycles. The zero-order chi connectivity index (χ0) is 76.3. The number of benzene rings is 18. The van der Waals surface area contributed by atoms with Crippen LogP contribution < -0.4 is 9.80 Å². The minimum absolute atomic E-state index is 1.11. The highest BCUT2D eigenvalue weighted by atomic mass is 32.1. The quantitative estimate of drug-likeness (QED) is 0.122. The average Bonchev–Trinajstić information content (AvgIpc) is 1.56. The molecule has 0 unspecified atom stereocenters. The molecule has 544 valence electrons. The van der Waals surface area contributed by atoms with E-state index in [-0.39, 0.29) is 0 Å². The Labute approximate surface area is 677 Å². The van der Waals surface area contributed by atoms with Gasteiger partial charge in [-0.1, -0.05) is 249 Å². The Morgan fingerprint density at radius 2 is 0.457 bits per heavy atom. The normalized spacial score (nSPS) is 11.8. The fraction of sp³-hybridized carbons (Fsp3) is 0. The van der Waals surface area contributed by atoms with Gasteiger partial charge in [-0.05, 0) is 198 Å². The summed E-state index contributed by atoms with van der Waals surface area (Å²) in [7, 11) is 0. The van der Waals surface area contributed by atoms with Gasteiger partial charge in [0.05, 0.1) is 44.1 Å². The molecule has 0 aliphatic carbocycles. The van der Waals surface area contributed by atoms with E-state index in [4.69, 9.17) is 0 Å². The number of hydrogen-bond donors (Lipinski definition) is 0. The molecular formula is C108H70N6S2. The highest BCUT2D eigenvalue weighted by Crippen LogP contribution is 2.48. The molecule has 0 fully saturated rings. The van der Waals surface area contributed by atoms with Crippen LogP contribution in [0.4, 0.5) is 34.1 Å². The number of aromatic nitrogens is 4. The van der Waals surface area contributed by atoms with Gasteiger partial charge in [0, 0.05) is 140 Å². The molecule has 6 heterocycles. The van der Waals surface area contributed by atoms with E-state index in [2.05, 4.69) is 453 Å². The minimum atomic E-state index is 1.11. The van der Waals surface area contributed by atoms with Gasteiger partial charge in [-0.15, -0.1) is 22.7 Å². The molecule has 24 aromatic rings. The molecular weight excluding hydrogens is 1450 g/mol. The molecule has 18 aromatic carbocycles. The molecule has 6 nitrogen and oxygen atoms in total. The lowest BCUT2D eigenvalue weighted by Gasteiger charge is -2.25. The third-order valence-corrected chi connectivity index (χ3v) is 25.8. The Kier molecular flexibility index (Phi) is 15.9. The van der Waals surface area contributed by atoms with Crippen LogP contribution in [0.25, 0.3) is 173 Å². The van der Waals surface area contributed by atoms with Crippen LogP contribution in [-0.4, -0.2) is 18.3 Å². The summed E-state index contributed by atoms with van der Waals surface area (Å²) in [5, 5.41) is 15.2. The molecule has 0 radical (unpaired) electrons. The molecule has 0 N–H and O–H groups in total. The van der Waals surface area contributed by atoms with Crippen molar-refractivity contribution in [3.8, 4) is 45.0 Å². The van der Waals surface area contributed by atoms with Crippen molar-refractivity contribution >= 4 is 184 Å². The van der Waals surface area contributed by atoms with Crippen LogP contribution in [0.2, 0.25) is 0 Å². The van der Waals surface area contributed by atoms with E-state index >= 15 is 0 Å². The highest BCUT2D eigenvalue weighted by molar-refractivity contribution is 7.26. The first-order valence-electron chi connectivity index (χ1n) is 39.5. The van der Waals surface area contributed by atoms with Crippen LogP contribution >= 0.6 is 22.7 Å². The summed E-state index contributed by atoms with van der Waals surface area (Å²) in [6.07, 6.45) is 0. The SMILES string of the molecule is c1ccc(N(c2ccccc2)c2ccc3c(c2)c2cc4c5ccccc5n(-c5ccc(-c6cccc7c6sc6ccccc67)cc5)c4cc2n3-c2ccccc2)cc1.c1ccc(N(c2ccccc2)c2ccc3c4cc5c6ccccc6n(-c6ccc(-c7cccc8c7sc7ccccc78)cc6)c5cc4n(-c4ccccc4)c3c2)cc1. The van der Waals surface area contributed by atoms with Crippen molar-refractivity contribution in [3.05, 3.63) is 425 Å². The number of fused-ring (bicyclic) bond motifs is 18. The number of anilines is 6. The first-order valence-corrected chi connectivity index (χ1v) is 41.2. The maximum atomic E-state index is 2.44. The Morgan fingerprint density at radius 1 is 0.164 bits per heavy atom. The van der Waals surface area contributed by atoms with Crippen molar-refractivity contribution in [1.29, 1.82) is 0 Å². The molecule has 0 aliphatic rings. The number of para-hydroxylation sites is 8. The van der Waals surface area contributed by atoms with Crippen molar-refractivity contribution in [2.24, 2.45) is 0 Å². The van der Waals surface area contributed by atoms with Gasteiger partial charge in [0.15, 0.2) is 0 Å². The predicted octanol–water partition coefficient (Wildman–Crippen LogP) is 30.8. The van der Waals surface area contributed by atoms with Gasteiger partial charge in [-0.3, -0.25) is 0 Å². The van der Waals surface area contributed by atoms with E-state index in [1.165, 1.54) is 150 Å². The van der Waals surface area contributed by atoms with Gasteiger partial charge < -0.3 is 28.1 Å². The first kappa shape index (κ1) is 66.9. The summed E-state index contributed by atoms with van der Waals surface area (Å²) in [5.74, 6) is 0. The highest BCUT2D eigenvalue weighted by Gasteiger charge is 2.25. The third kappa shape index (κ3) is 11.0. The summed E-state index contributed by atoms with van der Waals surface area (Å²) < 4.78 is 15.1. The van der Waals surface area contributed by atoms with Crippen molar-refractivity contribution in [2.75, 3.05) is 9.80 Å². The number of nitrogens with zero attached hydrogens (tertiary/aromatic N) is 6. The van der Waals surface area contributed by atoms with Crippen molar-refractivity contribution in [2.45, 2.75) is 0 Å². The van der Waals surface area contributed by atoms with Gasteiger partial charge in [-0.2, -0.15) is 0 Å². The van der Waals surface area contributed by atoms with Crippen molar-refractivity contribution < 1.29 is 0 Å². The summed E-state index contributed by atoms with van der Waals surface area (Å²) in [4.78, 5) is 4.69. The molecule has 24 rings (SSSR count). The minimum Gasteiger partial charge on any atom is -0.310 e. The van der Waals surface area contributed by atoms with Crippen molar-refractivity contribution in [1.82, 2.24) is 18.3 Å². The van der Waals surface area contributed by atoms with Gasteiger partial charge in [0.2, 0.25) is 0 Å². The second-order valence-corrected chi connectivity index (χ2v) is 32.0. The van der Waals surface area contributed by atoms with E-state index in [1.807, 2.05) is 22.7 Å². The molecule has 0 spiro atoms. The van der Waals surface area contributed by atoms with Crippen LogP contribution in [0.5, 0.6) is 0 Å². The molecule has 0 bridgehead atoms. The van der Waals surface area contributed by atoms with Gasteiger partial charge in [0.25, 0.3) is 0 Å². The molecule has 0 atom stereocenters. The smallest absolute Gasteiger partial charge is 0.0562 e. The summed E-state index contributed by atoms with van der Waals surface area (Å²) in [5.41, 5.74) is 25.7. The van der Waals surface area contributed by atoms with Crippen LogP contribution in [0.3, 0.4) is 0 Å². The maximum absolute atomic E-state index is 2.44. The van der Waals surface area contributed by atoms with Crippen LogP contribution in [0.15, 0.2) is 425 Å². The summed E-state index contributed by atoms with van der Waals surface area (Å²) in [6, 6.07) is 155. The Bertz CT molecular complexity index is 7670. The molecule has 6 aromatic heterocycles. The Balaban J connectivity index is 0.000000137. The Morgan fingerprint density at radius 3 is 0.879 bits per heavy atom. The number of hydrogen-bond acceptors (Lipinski definition) is 4. The standard InChI is InChI=1S/2C54H35N3S/c1-4-15-37(16-5-1)55(38-17-6-2-7-18-38)41-31-32-44-48-34-47-43-21-10-12-25-49(43)56(51(47)35-52(48)57(50(44)33-41)39-19-8-3-9-20-39)40-29-27-36(28-30-40)42-23-14-24-46-45-22-11-13-26-53(45)58-54(42)46;1-4-15-37(16-5-1)55(38-17-6-2-7-18-38)41-31-32-50-46(33-41)48-34-47-43-21-10-12-25-49(43)57(51(47)35-52(48)56(50)39-19-8-3-9-20-39)40-29-27-36(28-30-40)42-23-14-24-45-44-22-11-13-26-53(44)58-54(42)45/h2*1-35H. The lowest BCUT2D eigenvalue weighted by Crippen LogP contribution is -2.09. The molecule has 8 heteroatoms. The van der Waals surface area contributed by atoms with E-state index < -0.39 is 0 Å². The van der Waals surface area contributed by atoms with Gasteiger partial charge >= 0.3 is 0 Å². The van der Waals surface area contributed by atoms with Gasteiger partial charge in [-0.25, -0.2) is 0 Å². The van der Waals surface area contributed by atoms with Crippen LogP contribution in [0.1, 0.15) is 0 Å². The first-order chi connectivity index (χ1) is 57.6. The molecule has 0 aliphatic heterocycles. The van der Waals surface area contributed by atoms with Gasteiger partial charge in [0.1, 0.15) is 0 Å². The van der Waals surface area contributed by atoms with E-state index in [1.54, 1.807) is 0 Å². The lowest BCUT2D eigenvalue weighted by molar-refractivity contribution is 1.16. The second kappa shape index (κ2) is 27.5. The monoisotopic (exact) mass is 1510 g/mol.